The Morgan fingerprint density at radius 2 is 1.70 bits per heavy atom. The quantitative estimate of drug-likeness (QED) is 0.231. The minimum Gasteiger partial charge on any atom is -0.494 e. The second kappa shape index (κ2) is 14.2. The van der Waals surface area contributed by atoms with Crippen LogP contribution in [0.5, 0.6) is 5.75 Å². The number of hydrogen-bond acceptors (Lipinski definition) is 5. The molecular weight excluding hydrogens is 554 g/mol. The molecule has 2 N–H and O–H groups in total. The van der Waals surface area contributed by atoms with Gasteiger partial charge in [-0.25, -0.2) is 9.59 Å². The summed E-state index contributed by atoms with van der Waals surface area (Å²) < 4.78 is 11.4. The van der Waals surface area contributed by atoms with Crippen molar-refractivity contribution in [3.8, 4) is 16.9 Å². The van der Waals surface area contributed by atoms with Gasteiger partial charge in [-0.3, -0.25) is 4.90 Å². The van der Waals surface area contributed by atoms with Gasteiger partial charge in [-0.2, -0.15) is 0 Å². The number of hydrogen-bond donors (Lipinski definition) is 2. The molecule has 3 aliphatic heterocycles. The maximum atomic E-state index is 12.8. The highest BCUT2D eigenvalue weighted by atomic mass is 16.6. The number of aryl methyl sites for hydroxylation is 1. The molecule has 44 heavy (non-hydrogen) atoms. The van der Waals surface area contributed by atoms with Crippen LogP contribution >= 0.6 is 0 Å². The fourth-order valence-electron chi connectivity index (χ4n) is 6.32. The molecule has 3 saturated heterocycles. The molecule has 3 aliphatic rings. The SMILES string of the molecule is CC(C)(C)OC(=O)NCCc1cccc(OCCCc2ccc(-c3ccccc3)c(N(C(=O)O)C3CN4CCC3CC4)c2)c1. The summed E-state index contributed by atoms with van der Waals surface area (Å²) in [4.78, 5) is 28.8. The largest absolute Gasteiger partial charge is 0.494 e. The summed E-state index contributed by atoms with van der Waals surface area (Å²) in [6.07, 6.45) is 3.03. The van der Waals surface area contributed by atoms with E-state index in [-0.39, 0.29) is 6.04 Å². The molecule has 1 unspecified atom stereocenters. The molecule has 0 aliphatic carbocycles. The molecule has 0 spiro atoms. The summed E-state index contributed by atoms with van der Waals surface area (Å²) in [5, 5.41) is 13.3. The van der Waals surface area contributed by atoms with E-state index >= 15 is 0 Å². The number of nitrogens with one attached hydrogen (secondary N) is 1. The molecule has 0 saturated carbocycles. The molecule has 0 aromatic heterocycles. The molecule has 8 nitrogen and oxygen atoms in total. The van der Waals surface area contributed by atoms with Gasteiger partial charge < -0.3 is 24.8 Å². The van der Waals surface area contributed by atoms with E-state index in [1.54, 1.807) is 4.90 Å². The monoisotopic (exact) mass is 599 g/mol. The maximum absolute atomic E-state index is 12.8. The van der Waals surface area contributed by atoms with Crippen LogP contribution in [0.2, 0.25) is 0 Å². The van der Waals surface area contributed by atoms with Crippen molar-refractivity contribution in [1.29, 1.82) is 0 Å². The number of rotatable bonds is 11. The number of anilines is 1. The van der Waals surface area contributed by atoms with E-state index in [4.69, 9.17) is 9.47 Å². The lowest BCUT2D eigenvalue weighted by Crippen LogP contribution is -2.59. The normalized spacial score (nSPS) is 19.3. The van der Waals surface area contributed by atoms with Crippen LogP contribution in [-0.2, 0) is 17.6 Å². The summed E-state index contributed by atoms with van der Waals surface area (Å²) in [5.74, 6) is 1.18. The van der Waals surface area contributed by atoms with Gasteiger partial charge in [0, 0.05) is 18.7 Å². The predicted molar refractivity (Wildman–Crippen MR) is 174 cm³/mol. The molecule has 8 heteroatoms. The number of amides is 2. The van der Waals surface area contributed by atoms with Gasteiger partial charge in [0.1, 0.15) is 11.4 Å². The third-order valence-electron chi connectivity index (χ3n) is 8.42. The number of alkyl carbamates (subject to hydrolysis) is 1. The highest BCUT2D eigenvalue weighted by Gasteiger charge is 2.40. The molecule has 6 rings (SSSR count). The highest BCUT2D eigenvalue weighted by molar-refractivity contribution is 5.94. The van der Waals surface area contributed by atoms with Crippen LogP contribution < -0.4 is 15.0 Å². The Balaban J connectivity index is 1.22. The summed E-state index contributed by atoms with van der Waals surface area (Å²) in [5.41, 5.74) is 4.38. The van der Waals surface area contributed by atoms with Crippen molar-refractivity contribution < 1.29 is 24.2 Å². The molecule has 0 radical (unpaired) electrons. The first kappa shape index (κ1) is 31.4. The van der Waals surface area contributed by atoms with Crippen molar-refractivity contribution in [3.05, 3.63) is 83.9 Å². The number of benzene rings is 3. The molecule has 3 heterocycles. The maximum Gasteiger partial charge on any atom is 0.412 e. The minimum absolute atomic E-state index is 0.0392. The van der Waals surface area contributed by atoms with Crippen LogP contribution in [0.3, 0.4) is 0 Å². The highest BCUT2D eigenvalue weighted by Crippen LogP contribution is 2.39. The zero-order valence-corrected chi connectivity index (χ0v) is 26.1. The van der Waals surface area contributed by atoms with Crippen LogP contribution in [0.4, 0.5) is 15.3 Å². The second-order valence-electron chi connectivity index (χ2n) is 12.9. The number of ether oxygens (including phenoxy) is 2. The van der Waals surface area contributed by atoms with Crippen LogP contribution in [-0.4, -0.2) is 66.6 Å². The zero-order chi connectivity index (χ0) is 31.1. The molecule has 234 valence electrons. The van der Waals surface area contributed by atoms with Crippen molar-refractivity contribution in [2.24, 2.45) is 5.92 Å². The molecular formula is C36H45N3O5. The minimum atomic E-state index is -0.886. The fourth-order valence-corrected chi connectivity index (χ4v) is 6.32. The summed E-state index contributed by atoms with van der Waals surface area (Å²) >= 11 is 0. The van der Waals surface area contributed by atoms with Crippen LogP contribution in [0, 0.1) is 5.92 Å². The van der Waals surface area contributed by atoms with E-state index in [0.717, 1.165) is 79.0 Å². The Kier molecular flexibility index (Phi) is 10.1. The first-order valence-electron chi connectivity index (χ1n) is 15.8. The average molecular weight is 600 g/mol. The van der Waals surface area contributed by atoms with E-state index in [1.807, 2.05) is 75.4 Å². The third kappa shape index (κ3) is 8.32. The lowest BCUT2D eigenvalue weighted by atomic mass is 9.82. The summed E-state index contributed by atoms with van der Waals surface area (Å²) in [7, 11) is 0. The first-order chi connectivity index (χ1) is 21.2. The predicted octanol–water partition coefficient (Wildman–Crippen LogP) is 7.01. The molecule has 1 atom stereocenters. The molecule has 2 bridgehead atoms. The van der Waals surface area contributed by atoms with Gasteiger partial charge in [0.15, 0.2) is 0 Å². The topological polar surface area (TPSA) is 91.3 Å². The van der Waals surface area contributed by atoms with Gasteiger partial charge in [-0.05, 0) is 107 Å². The van der Waals surface area contributed by atoms with Gasteiger partial charge in [-0.15, -0.1) is 0 Å². The Morgan fingerprint density at radius 3 is 2.39 bits per heavy atom. The Hall–Kier alpha value is -4.04. The molecule has 3 aromatic carbocycles. The Labute approximate surface area is 261 Å². The molecule has 3 aromatic rings. The number of carbonyl (C=O) groups is 2. The lowest BCUT2D eigenvalue weighted by molar-refractivity contribution is 0.0528. The molecule has 3 fully saturated rings. The van der Waals surface area contributed by atoms with Crippen LogP contribution in [0.25, 0.3) is 11.1 Å². The van der Waals surface area contributed by atoms with E-state index in [0.29, 0.717) is 25.5 Å². The number of fused-ring (bicyclic) bond motifs is 3. The summed E-state index contributed by atoms with van der Waals surface area (Å²) in [6.45, 7) is 9.46. The van der Waals surface area contributed by atoms with Crippen LogP contribution in [0.1, 0.15) is 51.2 Å². The van der Waals surface area contributed by atoms with E-state index in [1.165, 1.54) is 0 Å². The van der Waals surface area contributed by atoms with Crippen molar-refractivity contribution in [2.75, 3.05) is 37.7 Å². The van der Waals surface area contributed by atoms with E-state index in [2.05, 4.69) is 28.4 Å². The van der Waals surface area contributed by atoms with E-state index < -0.39 is 17.8 Å². The Bertz CT molecular complexity index is 1410. The van der Waals surface area contributed by atoms with Crippen molar-refractivity contribution in [2.45, 2.75) is 64.5 Å². The van der Waals surface area contributed by atoms with E-state index in [9.17, 15) is 14.7 Å². The lowest BCUT2D eigenvalue weighted by Gasteiger charge is -2.48. The number of carbonyl (C=O) groups excluding carboxylic acids is 1. The Morgan fingerprint density at radius 1 is 0.955 bits per heavy atom. The van der Waals surface area contributed by atoms with Crippen molar-refractivity contribution in [1.82, 2.24) is 10.2 Å². The van der Waals surface area contributed by atoms with Gasteiger partial charge in [0.2, 0.25) is 0 Å². The standard InChI is InChI=1S/C36H45N3O5/c1-36(2,3)44-34(40)37-19-16-27-9-7-13-30(23-27)43-22-8-10-26-14-15-31(28-11-5-4-6-12-28)32(24-26)39(35(41)42)33-25-38-20-17-29(33)18-21-38/h4-7,9,11-15,23-24,29,33H,8,10,16-22,25H2,1-3H3,(H,37,40)(H,41,42). The average Bonchev–Trinajstić information content (AvgIpc) is 3.00. The van der Waals surface area contributed by atoms with Gasteiger partial charge in [0.05, 0.1) is 18.3 Å². The van der Waals surface area contributed by atoms with Gasteiger partial charge >= 0.3 is 12.2 Å². The number of nitrogens with zero attached hydrogens (tertiary/aromatic N) is 2. The van der Waals surface area contributed by atoms with Gasteiger partial charge in [-0.1, -0.05) is 54.6 Å². The number of piperidine rings is 3. The summed E-state index contributed by atoms with van der Waals surface area (Å²) in [6, 6.07) is 24.2. The van der Waals surface area contributed by atoms with Gasteiger partial charge in [0.25, 0.3) is 0 Å². The van der Waals surface area contributed by atoms with Crippen LogP contribution in [0.15, 0.2) is 72.8 Å². The smallest absolute Gasteiger partial charge is 0.412 e. The second-order valence-corrected chi connectivity index (χ2v) is 12.9. The van der Waals surface area contributed by atoms with Crippen molar-refractivity contribution in [3.63, 3.8) is 0 Å². The van der Waals surface area contributed by atoms with Crippen molar-refractivity contribution >= 4 is 17.9 Å². The zero-order valence-electron chi connectivity index (χ0n) is 26.1. The molecule has 2 amide bonds. The third-order valence-corrected chi connectivity index (χ3v) is 8.42. The fraction of sp³-hybridized carbons (Fsp3) is 0.444. The number of carboxylic acid groups (broad SMARTS) is 1. The first-order valence-corrected chi connectivity index (χ1v) is 15.8.